The summed E-state index contributed by atoms with van der Waals surface area (Å²) in [5, 5.41) is 6.47. The summed E-state index contributed by atoms with van der Waals surface area (Å²) in [5.41, 5.74) is -0.797. The van der Waals surface area contributed by atoms with Gasteiger partial charge in [0.25, 0.3) is 0 Å². The summed E-state index contributed by atoms with van der Waals surface area (Å²) in [6.45, 7) is 3.76. The molecule has 3 N–H and O–H groups in total. The second-order valence-corrected chi connectivity index (χ2v) is 6.86. The van der Waals surface area contributed by atoms with Crippen molar-refractivity contribution in [2.45, 2.75) is 64.0 Å². The summed E-state index contributed by atoms with van der Waals surface area (Å²) in [6, 6.07) is 0.164. The molecular weight excluding hydrogens is 294 g/mol. The van der Waals surface area contributed by atoms with Crippen LogP contribution >= 0.6 is 0 Å². The Hall–Kier alpha value is -1.63. The molecule has 7 nitrogen and oxygen atoms in total. The van der Waals surface area contributed by atoms with Gasteiger partial charge in [-0.1, -0.05) is 19.3 Å². The smallest absolute Gasteiger partial charge is 0.353 e. The maximum Gasteiger partial charge on any atom is 0.355 e. The number of nitrogens with zero attached hydrogens (tertiary/aromatic N) is 2. The topological polar surface area (TPSA) is 91.8 Å². The standard InChI is InChI=1S/C16H27N5O2/c1-11(12-5-3-2-4-6-12)18-14-19-15(22)21(16(23)20-14)13-7-9-17-10-8-13/h11-13,17H,2-10H2,1H3,(H2,18,19,20,22,23)/t11-/m0/s1. The Labute approximate surface area is 135 Å². The van der Waals surface area contributed by atoms with E-state index >= 15 is 0 Å². The highest BCUT2D eigenvalue weighted by Gasteiger charge is 2.22. The van der Waals surface area contributed by atoms with Gasteiger partial charge in [0.15, 0.2) is 0 Å². The Bertz CT molecular complexity index is 595. The van der Waals surface area contributed by atoms with E-state index in [0.29, 0.717) is 11.9 Å². The van der Waals surface area contributed by atoms with Crippen LogP contribution in [0.5, 0.6) is 0 Å². The SMILES string of the molecule is C[C@H](Nc1nc(=O)n(C2CCNCC2)c(=O)[nH]1)C1CCCCC1. The predicted octanol–water partition coefficient (Wildman–Crippen LogP) is 1.24. The number of anilines is 1. The quantitative estimate of drug-likeness (QED) is 0.776. The molecule has 2 heterocycles. The molecule has 128 valence electrons. The molecule has 0 amide bonds. The van der Waals surface area contributed by atoms with Crippen LogP contribution in [0.15, 0.2) is 9.59 Å². The van der Waals surface area contributed by atoms with Gasteiger partial charge in [0.1, 0.15) is 0 Å². The molecule has 2 fully saturated rings. The lowest BCUT2D eigenvalue weighted by Gasteiger charge is -2.28. The first kappa shape index (κ1) is 16.2. The number of hydrogen-bond acceptors (Lipinski definition) is 5. The lowest BCUT2D eigenvalue weighted by molar-refractivity contribution is 0.326. The number of hydrogen-bond donors (Lipinski definition) is 3. The molecule has 1 aromatic heterocycles. The van der Waals surface area contributed by atoms with Crippen molar-refractivity contribution in [3.63, 3.8) is 0 Å². The Morgan fingerprint density at radius 1 is 1.13 bits per heavy atom. The minimum Gasteiger partial charge on any atom is -0.353 e. The molecular formula is C16H27N5O2. The van der Waals surface area contributed by atoms with Crippen LogP contribution in [0.2, 0.25) is 0 Å². The lowest BCUT2D eigenvalue weighted by atomic mass is 9.85. The zero-order valence-corrected chi connectivity index (χ0v) is 13.8. The van der Waals surface area contributed by atoms with Crippen LogP contribution in [0.1, 0.15) is 57.9 Å². The predicted molar refractivity (Wildman–Crippen MR) is 89.9 cm³/mol. The normalized spacial score (nSPS) is 22.0. The highest BCUT2D eigenvalue weighted by atomic mass is 16.2. The average Bonchev–Trinajstić information content (AvgIpc) is 2.56. The van der Waals surface area contributed by atoms with Gasteiger partial charge in [-0.15, -0.1) is 0 Å². The second-order valence-electron chi connectivity index (χ2n) is 6.86. The largest absolute Gasteiger partial charge is 0.355 e. The van der Waals surface area contributed by atoms with Gasteiger partial charge in [0.05, 0.1) is 0 Å². The van der Waals surface area contributed by atoms with Crippen LogP contribution < -0.4 is 22.0 Å². The molecule has 1 atom stereocenters. The van der Waals surface area contributed by atoms with Crippen molar-refractivity contribution in [2.75, 3.05) is 18.4 Å². The zero-order chi connectivity index (χ0) is 16.2. The zero-order valence-electron chi connectivity index (χ0n) is 13.8. The van der Waals surface area contributed by atoms with E-state index in [9.17, 15) is 9.59 Å². The summed E-state index contributed by atoms with van der Waals surface area (Å²) in [7, 11) is 0. The number of nitrogens with one attached hydrogen (secondary N) is 3. The Morgan fingerprint density at radius 3 is 2.48 bits per heavy atom. The molecule has 0 bridgehead atoms. The van der Waals surface area contributed by atoms with Crippen molar-refractivity contribution in [1.29, 1.82) is 0 Å². The van der Waals surface area contributed by atoms with Crippen LogP contribution in [0.3, 0.4) is 0 Å². The number of H-pyrrole nitrogens is 1. The molecule has 1 saturated carbocycles. The summed E-state index contributed by atoms with van der Waals surface area (Å²) >= 11 is 0. The van der Waals surface area contributed by atoms with Gasteiger partial charge in [0.2, 0.25) is 5.95 Å². The van der Waals surface area contributed by atoms with E-state index in [1.165, 1.54) is 36.7 Å². The van der Waals surface area contributed by atoms with Gasteiger partial charge in [-0.25, -0.2) is 14.2 Å². The maximum absolute atomic E-state index is 12.3. The molecule has 2 aliphatic rings. The van der Waals surface area contributed by atoms with Crippen LogP contribution in [0.25, 0.3) is 0 Å². The van der Waals surface area contributed by atoms with E-state index in [4.69, 9.17) is 0 Å². The van der Waals surface area contributed by atoms with Crippen LogP contribution in [-0.2, 0) is 0 Å². The summed E-state index contributed by atoms with van der Waals surface area (Å²) in [5.74, 6) is 0.893. The third kappa shape index (κ3) is 3.83. The van der Waals surface area contributed by atoms with Gasteiger partial charge >= 0.3 is 11.4 Å². The minimum absolute atomic E-state index is 0.0511. The fourth-order valence-electron chi connectivity index (χ4n) is 3.85. The first-order valence-corrected chi connectivity index (χ1v) is 8.85. The summed E-state index contributed by atoms with van der Waals surface area (Å²) in [6.07, 6.45) is 7.81. The maximum atomic E-state index is 12.3. The van der Waals surface area contributed by atoms with Crippen LogP contribution in [0, 0.1) is 5.92 Å². The van der Waals surface area contributed by atoms with Crippen LogP contribution in [-0.4, -0.2) is 33.7 Å². The third-order valence-corrected chi connectivity index (χ3v) is 5.25. The Morgan fingerprint density at radius 2 is 1.83 bits per heavy atom. The van der Waals surface area contributed by atoms with Crippen molar-refractivity contribution in [2.24, 2.45) is 5.92 Å². The van der Waals surface area contributed by atoms with Gasteiger partial charge in [0, 0.05) is 12.1 Å². The Kier molecular flexibility index (Phi) is 5.15. The van der Waals surface area contributed by atoms with E-state index in [1.54, 1.807) is 0 Å². The van der Waals surface area contributed by atoms with E-state index in [2.05, 4.69) is 27.5 Å². The first-order valence-electron chi connectivity index (χ1n) is 8.85. The molecule has 3 rings (SSSR count). The van der Waals surface area contributed by atoms with Crippen molar-refractivity contribution in [1.82, 2.24) is 19.9 Å². The number of rotatable bonds is 4. The number of piperidine rings is 1. The van der Waals surface area contributed by atoms with Crippen molar-refractivity contribution in [3.05, 3.63) is 21.0 Å². The fourth-order valence-corrected chi connectivity index (χ4v) is 3.85. The third-order valence-electron chi connectivity index (χ3n) is 5.25. The number of aromatic nitrogens is 3. The van der Waals surface area contributed by atoms with E-state index < -0.39 is 5.69 Å². The lowest BCUT2D eigenvalue weighted by Crippen LogP contribution is -2.44. The molecule has 1 aliphatic heterocycles. The summed E-state index contributed by atoms with van der Waals surface area (Å²) < 4.78 is 1.28. The average molecular weight is 321 g/mol. The molecule has 0 spiro atoms. The fraction of sp³-hybridized carbons (Fsp3) is 0.812. The molecule has 7 heteroatoms. The monoisotopic (exact) mass is 321 g/mol. The van der Waals surface area contributed by atoms with E-state index in [0.717, 1.165) is 25.9 Å². The number of aromatic amines is 1. The van der Waals surface area contributed by atoms with Gasteiger partial charge in [-0.05, 0) is 51.6 Å². The molecule has 1 aromatic rings. The highest BCUT2D eigenvalue weighted by Crippen LogP contribution is 2.27. The van der Waals surface area contributed by atoms with Crippen molar-refractivity contribution in [3.8, 4) is 0 Å². The first-order chi connectivity index (χ1) is 11.1. The van der Waals surface area contributed by atoms with Gasteiger partial charge < -0.3 is 10.6 Å². The Balaban J connectivity index is 1.74. The van der Waals surface area contributed by atoms with Crippen molar-refractivity contribution >= 4 is 5.95 Å². The molecule has 1 aliphatic carbocycles. The van der Waals surface area contributed by atoms with E-state index in [1.807, 2.05) is 0 Å². The van der Waals surface area contributed by atoms with Crippen LogP contribution in [0.4, 0.5) is 5.95 Å². The summed E-state index contributed by atoms with van der Waals surface area (Å²) in [4.78, 5) is 31.4. The van der Waals surface area contributed by atoms with Gasteiger partial charge in [-0.2, -0.15) is 4.98 Å². The molecule has 23 heavy (non-hydrogen) atoms. The van der Waals surface area contributed by atoms with Gasteiger partial charge in [-0.3, -0.25) is 4.98 Å². The van der Waals surface area contributed by atoms with E-state index in [-0.39, 0.29) is 17.8 Å². The molecule has 0 aromatic carbocycles. The molecule has 0 unspecified atom stereocenters. The second kappa shape index (κ2) is 7.29. The highest BCUT2D eigenvalue weighted by molar-refractivity contribution is 5.23. The molecule has 0 radical (unpaired) electrons. The molecule has 1 saturated heterocycles. The van der Waals surface area contributed by atoms with Crippen molar-refractivity contribution < 1.29 is 0 Å². The minimum atomic E-state index is -0.445.